The number of furan rings is 1. The summed E-state index contributed by atoms with van der Waals surface area (Å²) in [6, 6.07) is 16.5. The van der Waals surface area contributed by atoms with Crippen LogP contribution in [0.2, 0.25) is 0 Å². The van der Waals surface area contributed by atoms with Gasteiger partial charge in [-0.1, -0.05) is 48.5 Å². The van der Waals surface area contributed by atoms with Crippen molar-refractivity contribution in [1.82, 2.24) is 9.62 Å². The van der Waals surface area contributed by atoms with Crippen LogP contribution in [-0.4, -0.2) is 62.7 Å². The van der Waals surface area contributed by atoms with E-state index in [9.17, 15) is 18.0 Å². The van der Waals surface area contributed by atoms with Crippen molar-refractivity contribution >= 4 is 33.2 Å². The van der Waals surface area contributed by atoms with Gasteiger partial charge in [0.1, 0.15) is 22.5 Å². The van der Waals surface area contributed by atoms with Crippen molar-refractivity contribution in [3.05, 3.63) is 83.3 Å². The molecule has 2 N–H and O–H groups in total. The van der Waals surface area contributed by atoms with E-state index < -0.39 is 28.0 Å². The highest BCUT2D eigenvalue weighted by Gasteiger charge is 2.35. The van der Waals surface area contributed by atoms with Gasteiger partial charge < -0.3 is 19.8 Å². The zero-order chi connectivity index (χ0) is 25.3. The molecule has 1 unspecified atom stereocenters. The van der Waals surface area contributed by atoms with Crippen molar-refractivity contribution in [2.45, 2.75) is 18.0 Å². The first kappa shape index (κ1) is 23.9. The zero-order valence-electron chi connectivity index (χ0n) is 19.4. The number of carbonyl (C=O) groups excluding carboxylic acids is 2. The molecule has 3 aromatic rings. The molecule has 3 heterocycles. The van der Waals surface area contributed by atoms with Gasteiger partial charge in [0, 0.05) is 24.2 Å². The number of aliphatic imine (C=N–C) groups is 1. The third-order valence-electron chi connectivity index (χ3n) is 6.02. The summed E-state index contributed by atoms with van der Waals surface area (Å²) in [4.78, 5) is 30.8. The number of morpholine rings is 1. The number of carbonyl (C=O) groups is 2. The van der Waals surface area contributed by atoms with Gasteiger partial charge in [0.25, 0.3) is 11.8 Å². The molecule has 0 saturated carbocycles. The van der Waals surface area contributed by atoms with Gasteiger partial charge in [-0.3, -0.25) is 9.59 Å². The highest BCUT2D eigenvalue weighted by Crippen LogP contribution is 2.27. The lowest BCUT2D eigenvalue weighted by molar-refractivity contribution is -0.117. The van der Waals surface area contributed by atoms with Crippen LogP contribution in [0.4, 0.5) is 5.69 Å². The van der Waals surface area contributed by atoms with Gasteiger partial charge in [-0.2, -0.15) is 4.31 Å². The lowest BCUT2D eigenvalue weighted by Gasteiger charge is -2.25. The van der Waals surface area contributed by atoms with Gasteiger partial charge in [-0.25, -0.2) is 13.4 Å². The molecule has 10 nitrogen and oxygen atoms in total. The molecule has 2 aliphatic heterocycles. The van der Waals surface area contributed by atoms with E-state index in [-0.39, 0.29) is 42.5 Å². The Morgan fingerprint density at radius 2 is 1.78 bits per heavy atom. The van der Waals surface area contributed by atoms with Crippen molar-refractivity contribution in [2.75, 3.05) is 31.6 Å². The fraction of sp³-hybridized carbons (Fsp3) is 0.240. The van der Waals surface area contributed by atoms with Gasteiger partial charge in [0.15, 0.2) is 0 Å². The summed E-state index contributed by atoms with van der Waals surface area (Å²) in [6.07, 6.45) is -0.259. The summed E-state index contributed by atoms with van der Waals surface area (Å²) in [5, 5.41) is 5.40. The summed E-state index contributed by atoms with van der Waals surface area (Å²) < 4.78 is 38.3. The smallest absolute Gasteiger partial charge is 0.269 e. The molecule has 5 rings (SSSR count). The number of amides is 2. The summed E-state index contributed by atoms with van der Waals surface area (Å²) in [5.41, 5.74) is 2.36. The van der Waals surface area contributed by atoms with Crippen LogP contribution in [0.15, 0.2) is 75.2 Å². The maximum atomic E-state index is 13.4. The molecule has 1 saturated heterocycles. The fourth-order valence-corrected chi connectivity index (χ4v) is 5.77. The van der Waals surface area contributed by atoms with Crippen LogP contribution in [0.5, 0.6) is 0 Å². The molecule has 0 aliphatic carbocycles. The average molecular weight is 509 g/mol. The number of benzene rings is 2. The number of fused-ring (bicyclic) bond motifs is 1. The number of nitrogens with one attached hydrogen (secondary N) is 2. The number of anilines is 1. The molecule has 11 heteroatoms. The normalized spacial score (nSPS) is 18.5. The van der Waals surface area contributed by atoms with Crippen LogP contribution >= 0.6 is 0 Å². The Balaban J connectivity index is 1.50. The van der Waals surface area contributed by atoms with Crippen molar-refractivity contribution < 1.29 is 27.2 Å². The van der Waals surface area contributed by atoms with E-state index in [1.165, 1.54) is 11.2 Å². The third-order valence-corrected chi connectivity index (χ3v) is 7.92. The molecular weight excluding hydrogens is 484 g/mol. The van der Waals surface area contributed by atoms with E-state index in [0.717, 1.165) is 11.8 Å². The summed E-state index contributed by atoms with van der Waals surface area (Å²) >= 11 is 0. The molecule has 2 aliphatic rings. The molecule has 1 fully saturated rings. The van der Waals surface area contributed by atoms with Crippen LogP contribution in [0.25, 0.3) is 0 Å². The Labute approximate surface area is 208 Å². The summed E-state index contributed by atoms with van der Waals surface area (Å²) in [7, 11) is -4.01. The predicted molar refractivity (Wildman–Crippen MR) is 131 cm³/mol. The molecule has 1 atom stereocenters. The van der Waals surface area contributed by atoms with Gasteiger partial charge in [-0.15, -0.1) is 0 Å². The second-order valence-corrected chi connectivity index (χ2v) is 10.2. The Morgan fingerprint density at radius 3 is 2.53 bits per heavy atom. The Morgan fingerprint density at radius 1 is 1.08 bits per heavy atom. The van der Waals surface area contributed by atoms with Crippen molar-refractivity contribution in [1.29, 1.82) is 0 Å². The van der Waals surface area contributed by atoms with E-state index in [2.05, 4.69) is 15.6 Å². The summed E-state index contributed by atoms with van der Waals surface area (Å²) in [6.45, 7) is 2.35. The first-order valence-electron chi connectivity index (χ1n) is 11.4. The molecule has 1 aromatic heterocycles. The number of rotatable bonds is 5. The van der Waals surface area contributed by atoms with Gasteiger partial charge in [-0.05, 0) is 13.0 Å². The van der Waals surface area contributed by atoms with Crippen LogP contribution in [0, 0.1) is 6.92 Å². The highest BCUT2D eigenvalue weighted by atomic mass is 32.2. The topological polar surface area (TPSA) is 130 Å². The Bertz CT molecular complexity index is 1440. The third kappa shape index (κ3) is 4.43. The number of aryl methyl sites for hydroxylation is 1. The van der Waals surface area contributed by atoms with E-state index in [4.69, 9.17) is 9.15 Å². The lowest BCUT2D eigenvalue weighted by atomic mass is 10.0. The number of ether oxygens (including phenoxy) is 1. The molecule has 36 heavy (non-hydrogen) atoms. The Hall–Kier alpha value is -3.80. The molecule has 0 spiro atoms. The van der Waals surface area contributed by atoms with E-state index >= 15 is 0 Å². The van der Waals surface area contributed by atoms with Crippen LogP contribution < -0.4 is 10.6 Å². The second-order valence-electron chi connectivity index (χ2n) is 8.30. The number of benzodiazepines with no additional fused rings is 1. The summed E-state index contributed by atoms with van der Waals surface area (Å²) in [5.74, 6) is -1.22. The maximum absolute atomic E-state index is 13.4. The van der Waals surface area contributed by atoms with Crippen molar-refractivity contribution in [2.24, 2.45) is 4.99 Å². The van der Waals surface area contributed by atoms with Gasteiger partial charge in [0.05, 0.1) is 24.6 Å². The first-order valence-corrected chi connectivity index (χ1v) is 12.8. The number of nitrogens with zero attached hydrogens (tertiary/aromatic N) is 2. The monoisotopic (exact) mass is 508 g/mol. The van der Waals surface area contributed by atoms with Gasteiger partial charge in [0.2, 0.25) is 16.2 Å². The maximum Gasteiger partial charge on any atom is 0.269 e. The molecule has 186 valence electrons. The SMILES string of the molecule is Cc1occ(S(=O)(=O)N2CCOCC2)c1C(=O)NC1N=C(c2ccccc2)c2ccccc2NC1=O. The number of hydrogen-bond acceptors (Lipinski definition) is 7. The highest BCUT2D eigenvalue weighted by molar-refractivity contribution is 7.89. The zero-order valence-corrected chi connectivity index (χ0v) is 20.2. The molecule has 2 amide bonds. The number of sulfonamides is 1. The quantitative estimate of drug-likeness (QED) is 0.543. The largest absolute Gasteiger partial charge is 0.467 e. The molecule has 2 aromatic carbocycles. The minimum absolute atomic E-state index is 0.115. The molecule has 0 bridgehead atoms. The molecular formula is C25H24N4O6S. The standard InChI is InChI=1S/C25H24N4O6S/c1-16-21(20(15-35-16)36(32,33)29-11-13-34-14-12-29)24(30)28-23-25(31)26-19-10-6-5-9-18(19)22(27-23)17-7-3-2-4-8-17/h2-10,15,23H,11-14H2,1H3,(H,26,31)(H,28,30). The minimum atomic E-state index is -4.01. The number of para-hydroxylation sites is 1. The van der Waals surface area contributed by atoms with Crippen LogP contribution in [0.3, 0.4) is 0 Å². The average Bonchev–Trinajstić information content (AvgIpc) is 3.24. The van der Waals surface area contributed by atoms with E-state index in [0.29, 0.717) is 17.0 Å². The van der Waals surface area contributed by atoms with Gasteiger partial charge >= 0.3 is 0 Å². The van der Waals surface area contributed by atoms with Crippen molar-refractivity contribution in [3.63, 3.8) is 0 Å². The van der Waals surface area contributed by atoms with Crippen molar-refractivity contribution in [3.8, 4) is 0 Å². The predicted octanol–water partition coefficient (Wildman–Crippen LogP) is 2.15. The van der Waals surface area contributed by atoms with Crippen LogP contribution in [-0.2, 0) is 19.6 Å². The minimum Gasteiger partial charge on any atom is -0.467 e. The fourth-order valence-electron chi connectivity index (χ4n) is 4.20. The second kappa shape index (κ2) is 9.69. The van der Waals surface area contributed by atoms with E-state index in [1.807, 2.05) is 42.5 Å². The molecule has 0 radical (unpaired) electrons. The number of hydrogen-bond donors (Lipinski definition) is 2. The van der Waals surface area contributed by atoms with E-state index in [1.54, 1.807) is 12.1 Å². The first-order chi connectivity index (χ1) is 17.4. The van der Waals surface area contributed by atoms with Crippen LogP contribution in [0.1, 0.15) is 27.2 Å². The Kier molecular flexibility index (Phi) is 6.44. The lowest BCUT2D eigenvalue weighted by Crippen LogP contribution is -2.44.